The summed E-state index contributed by atoms with van der Waals surface area (Å²) in [6, 6.07) is 3.44. The van der Waals surface area contributed by atoms with Crippen LogP contribution in [0.3, 0.4) is 0 Å². The highest BCUT2D eigenvalue weighted by Crippen LogP contribution is 2.31. The van der Waals surface area contributed by atoms with E-state index in [0.29, 0.717) is 5.52 Å². The maximum absolute atomic E-state index is 12.1. The number of pyridine rings is 1. The molecule has 0 fully saturated rings. The minimum absolute atomic E-state index is 0.0716. The summed E-state index contributed by atoms with van der Waals surface area (Å²) < 4.78 is 40.1. The molecule has 0 saturated heterocycles. The molecule has 1 heterocycles. The number of benzene rings is 1. The van der Waals surface area contributed by atoms with E-state index in [-0.39, 0.29) is 16.0 Å². The van der Waals surface area contributed by atoms with E-state index in [0.717, 1.165) is 18.3 Å². The Hall–Kier alpha value is -1.53. The van der Waals surface area contributed by atoms with Crippen LogP contribution in [0.15, 0.2) is 24.4 Å². The van der Waals surface area contributed by atoms with E-state index in [1.54, 1.807) is 0 Å². The van der Waals surface area contributed by atoms with Gasteiger partial charge in [0.1, 0.15) is 5.75 Å². The second kappa shape index (κ2) is 4.86. The molecule has 0 atom stereocenters. The lowest BCUT2D eigenvalue weighted by atomic mass is 10.1. The fourth-order valence-electron chi connectivity index (χ4n) is 1.47. The van der Waals surface area contributed by atoms with Crippen LogP contribution < -0.4 is 4.74 Å². The van der Waals surface area contributed by atoms with Crippen molar-refractivity contribution in [3.63, 3.8) is 0 Å². The van der Waals surface area contributed by atoms with Crippen LogP contribution in [0.4, 0.5) is 13.2 Å². The monoisotopic (exact) mass is 309 g/mol. The van der Waals surface area contributed by atoms with Gasteiger partial charge in [-0.15, -0.1) is 13.2 Å². The molecule has 19 heavy (non-hydrogen) atoms. The Bertz CT molecular complexity index is 658. The number of carbonyl (C=O) groups excluding carboxylic acids is 1. The summed E-state index contributed by atoms with van der Waals surface area (Å²) in [7, 11) is 0. The summed E-state index contributed by atoms with van der Waals surface area (Å²) in [5, 5.41) is -0.769. The van der Waals surface area contributed by atoms with Gasteiger partial charge >= 0.3 is 6.36 Å². The quantitative estimate of drug-likeness (QED) is 0.782. The molecule has 3 nitrogen and oxygen atoms in total. The Morgan fingerprint density at radius 2 is 2.00 bits per heavy atom. The van der Waals surface area contributed by atoms with Crippen LogP contribution in [0.25, 0.3) is 10.9 Å². The van der Waals surface area contributed by atoms with Gasteiger partial charge in [-0.25, -0.2) is 0 Å². The van der Waals surface area contributed by atoms with Crippen LogP contribution in [0.2, 0.25) is 5.02 Å². The molecular weight excluding hydrogens is 306 g/mol. The van der Waals surface area contributed by atoms with Crippen LogP contribution >= 0.6 is 23.2 Å². The Labute approximate surface area is 114 Å². The zero-order valence-electron chi connectivity index (χ0n) is 8.96. The van der Waals surface area contributed by atoms with Gasteiger partial charge in [-0.2, -0.15) is 0 Å². The molecular formula is C11H4Cl2F3NO2. The normalized spacial score (nSPS) is 11.6. The Morgan fingerprint density at radius 3 is 2.58 bits per heavy atom. The van der Waals surface area contributed by atoms with Crippen molar-refractivity contribution in [2.24, 2.45) is 0 Å². The molecule has 0 amide bonds. The number of ether oxygens (including phenoxy) is 1. The van der Waals surface area contributed by atoms with Gasteiger partial charge in [0.25, 0.3) is 5.24 Å². The van der Waals surface area contributed by atoms with Crippen LogP contribution in [0, 0.1) is 0 Å². The van der Waals surface area contributed by atoms with Gasteiger partial charge in [-0.1, -0.05) is 11.6 Å². The van der Waals surface area contributed by atoms with Crippen LogP contribution in [0.5, 0.6) is 5.75 Å². The second-order valence-corrected chi connectivity index (χ2v) is 4.21. The number of nitrogens with zero attached hydrogens (tertiary/aromatic N) is 1. The maximum atomic E-state index is 12.1. The van der Waals surface area contributed by atoms with Crippen molar-refractivity contribution < 1.29 is 22.7 Å². The topological polar surface area (TPSA) is 39.2 Å². The molecule has 0 radical (unpaired) electrons. The molecule has 0 aliphatic carbocycles. The average molecular weight is 310 g/mol. The summed E-state index contributed by atoms with van der Waals surface area (Å²) >= 11 is 11.2. The summed E-state index contributed by atoms with van der Waals surface area (Å²) in [4.78, 5) is 14.9. The number of fused-ring (bicyclic) bond motifs is 1. The summed E-state index contributed by atoms with van der Waals surface area (Å²) in [5.41, 5.74) is 0.237. The summed E-state index contributed by atoms with van der Waals surface area (Å²) in [5.74, 6) is -0.456. The Balaban J connectivity index is 2.57. The molecule has 0 N–H and O–H groups in total. The maximum Gasteiger partial charge on any atom is 0.573 e. The largest absolute Gasteiger partial charge is 0.573 e. The van der Waals surface area contributed by atoms with Crippen molar-refractivity contribution in [3.05, 3.63) is 35.0 Å². The van der Waals surface area contributed by atoms with E-state index in [4.69, 9.17) is 23.2 Å². The first-order valence-corrected chi connectivity index (χ1v) is 5.57. The van der Waals surface area contributed by atoms with Crippen molar-refractivity contribution in [2.75, 3.05) is 0 Å². The molecule has 2 rings (SSSR count). The minimum Gasteiger partial charge on any atom is -0.406 e. The van der Waals surface area contributed by atoms with Gasteiger partial charge in [-0.3, -0.25) is 9.78 Å². The molecule has 0 unspecified atom stereocenters. The minimum atomic E-state index is -4.81. The van der Waals surface area contributed by atoms with Crippen molar-refractivity contribution in [1.29, 1.82) is 0 Å². The third kappa shape index (κ3) is 3.08. The number of hydrogen-bond donors (Lipinski definition) is 0. The number of hydrogen-bond acceptors (Lipinski definition) is 3. The van der Waals surface area contributed by atoms with E-state index in [1.807, 2.05) is 0 Å². The smallest absolute Gasteiger partial charge is 0.406 e. The van der Waals surface area contributed by atoms with E-state index in [9.17, 15) is 18.0 Å². The van der Waals surface area contributed by atoms with Gasteiger partial charge < -0.3 is 4.74 Å². The summed E-state index contributed by atoms with van der Waals surface area (Å²) in [6.07, 6.45) is -3.65. The lowest BCUT2D eigenvalue weighted by Crippen LogP contribution is -2.17. The number of rotatable bonds is 2. The van der Waals surface area contributed by atoms with Crippen molar-refractivity contribution in [3.8, 4) is 5.75 Å². The lowest BCUT2D eigenvalue weighted by molar-refractivity contribution is -0.274. The molecule has 0 saturated carbocycles. The molecule has 2 aromatic rings. The van der Waals surface area contributed by atoms with Crippen LogP contribution in [-0.2, 0) is 0 Å². The third-order valence-electron chi connectivity index (χ3n) is 2.22. The number of aromatic nitrogens is 1. The summed E-state index contributed by atoms with van der Waals surface area (Å²) in [6.45, 7) is 0. The number of carbonyl (C=O) groups is 1. The van der Waals surface area contributed by atoms with Crippen molar-refractivity contribution in [1.82, 2.24) is 4.98 Å². The first-order valence-electron chi connectivity index (χ1n) is 4.82. The predicted molar refractivity (Wildman–Crippen MR) is 63.6 cm³/mol. The van der Waals surface area contributed by atoms with Crippen LogP contribution in [0.1, 0.15) is 10.4 Å². The van der Waals surface area contributed by atoms with Crippen molar-refractivity contribution >= 4 is 39.3 Å². The van der Waals surface area contributed by atoms with Crippen LogP contribution in [-0.4, -0.2) is 16.6 Å². The zero-order chi connectivity index (χ0) is 14.2. The molecule has 100 valence electrons. The SMILES string of the molecule is O=C(Cl)c1cnc2ccc(OC(F)(F)F)cc2c1Cl. The van der Waals surface area contributed by atoms with E-state index in [1.165, 1.54) is 6.07 Å². The molecule has 0 aliphatic rings. The fourth-order valence-corrected chi connectivity index (χ4v) is 1.95. The van der Waals surface area contributed by atoms with Gasteiger partial charge in [-0.05, 0) is 29.8 Å². The molecule has 0 aliphatic heterocycles. The first-order chi connectivity index (χ1) is 8.78. The van der Waals surface area contributed by atoms with E-state index < -0.39 is 17.4 Å². The molecule has 1 aromatic heterocycles. The molecule has 0 bridgehead atoms. The van der Waals surface area contributed by atoms with E-state index in [2.05, 4.69) is 9.72 Å². The second-order valence-electron chi connectivity index (χ2n) is 3.49. The zero-order valence-corrected chi connectivity index (χ0v) is 10.5. The van der Waals surface area contributed by atoms with Crippen molar-refractivity contribution in [2.45, 2.75) is 6.36 Å². The Morgan fingerprint density at radius 1 is 1.32 bits per heavy atom. The van der Waals surface area contributed by atoms with Gasteiger partial charge in [0.15, 0.2) is 0 Å². The Kier molecular flexibility index (Phi) is 3.56. The highest BCUT2D eigenvalue weighted by molar-refractivity contribution is 6.69. The third-order valence-corrected chi connectivity index (χ3v) is 2.83. The number of halogens is 5. The fraction of sp³-hybridized carbons (Fsp3) is 0.0909. The molecule has 1 aromatic carbocycles. The predicted octanol–water partition coefficient (Wildman–Crippen LogP) is 4.17. The molecule has 8 heteroatoms. The lowest BCUT2D eigenvalue weighted by Gasteiger charge is -2.10. The highest BCUT2D eigenvalue weighted by Gasteiger charge is 2.31. The highest BCUT2D eigenvalue weighted by atomic mass is 35.5. The van der Waals surface area contributed by atoms with E-state index >= 15 is 0 Å². The van der Waals surface area contributed by atoms with Gasteiger partial charge in [0.05, 0.1) is 16.1 Å². The first kappa shape index (κ1) is 13.9. The average Bonchev–Trinajstić information content (AvgIpc) is 2.27. The standard InChI is InChI=1S/C11H4Cl2F3NO2/c12-9-6-3-5(19-11(14,15)16)1-2-8(6)17-4-7(9)10(13)18/h1-4H. The number of alkyl halides is 3. The molecule has 0 spiro atoms. The van der Waals surface area contributed by atoms with Gasteiger partial charge in [0, 0.05) is 11.6 Å². The van der Waals surface area contributed by atoms with Gasteiger partial charge in [0.2, 0.25) is 0 Å².